The smallest absolute Gasteiger partial charge is 0.139 e. The number of hydrogen-bond donors (Lipinski definition) is 0. The summed E-state index contributed by atoms with van der Waals surface area (Å²) in [5.41, 5.74) is 10.6. The first kappa shape index (κ1) is 21.8. The van der Waals surface area contributed by atoms with Crippen molar-refractivity contribution in [2.45, 2.75) is 51.4 Å². The lowest BCUT2D eigenvalue weighted by atomic mass is 9.98. The van der Waals surface area contributed by atoms with Crippen LogP contribution in [0.15, 0.2) is 32.2 Å². The van der Waals surface area contributed by atoms with E-state index in [9.17, 15) is 8.78 Å². The van der Waals surface area contributed by atoms with Crippen molar-refractivity contribution in [1.29, 1.82) is 5.26 Å². The van der Waals surface area contributed by atoms with E-state index in [0.29, 0.717) is 14.5 Å². The van der Waals surface area contributed by atoms with Gasteiger partial charge in [0, 0.05) is 3.57 Å². The van der Waals surface area contributed by atoms with Crippen LogP contribution in [0.25, 0.3) is 11.1 Å². The lowest BCUT2D eigenvalue weighted by Gasteiger charge is -2.10. The summed E-state index contributed by atoms with van der Waals surface area (Å²) in [6.45, 7) is 0. The normalized spacial score (nSPS) is 17.8. The van der Waals surface area contributed by atoms with Gasteiger partial charge in [0.1, 0.15) is 11.6 Å². The van der Waals surface area contributed by atoms with E-state index >= 15 is 0 Å². The van der Waals surface area contributed by atoms with Crippen LogP contribution < -0.4 is 0 Å². The van der Waals surface area contributed by atoms with E-state index in [2.05, 4.69) is 60.5 Å². The zero-order valence-electron chi connectivity index (χ0n) is 16.6. The van der Waals surface area contributed by atoms with Crippen molar-refractivity contribution in [3.63, 3.8) is 0 Å². The zero-order chi connectivity index (χ0) is 21.9. The van der Waals surface area contributed by atoms with Crippen molar-refractivity contribution < 1.29 is 8.78 Å². The van der Waals surface area contributed by atoms with E-state index in [4.69, 9.17) is 5.26 Å². The molecule has 4 aliphatic carbocycles. The minimum Gasteiger partial charge on any atom is -0.206 e. The van der Waals surface area contributed by atoms with Crippen LogP contribution >= 0.6 is 54.5 Å². The maximum atomic E-state index is 13.7. The number of nitrogens with zero attached hydrogens (tertiary/aromatic N) is 1. The van der Waals surface area contributed by atoms with Crippen LogP contribution in [0.1, 0.15) is 66.3 Å². The van der Waals surface area contributed by atoms with Gasteiger partial charge >= 0.3 is 0 Å². The Kier molecular flexibility index (Phi) is 5.89. The van der Waals surface area contributed by atoms with Crippen molar-refractivity contribution in [2.75, 3.05) is 0 Å². The molecule has 0 saturated carbocycles. The fraction of sp³-hybridized carbons (Fsp3) is 0.320. The molecular formula is C25H18Br2F2IN. The molecule has 0 fully saturated rings. The average molecular weight is 657 g/mol. The Hall–Kier alpha value is -1.04. The molecule has 31 heavy (non-hydrogen) atoms. The number of hydrogen-bond acceptors (Lipinski definition) is 1. The summed E-state index contributed by atoms with van der Waals surface area (Å²) in [4.78, 5) is 0. The highest BCUT2D eigenvalue weighted by Gasteiger charge is 2.31. The molecule has 4 aliphatic rings. The molecule has 0 spiro atoms. The Balaban J connectivity index is 0.000000132. The maximum Gasteiger partial charge on any atom is 0.139 e. The van der Waals surface area contributed by atoms with Crippen LogP contribution in [0.2, 0.25) is 0 Å². The second-order valence-electron chi connectivity index (χ2n) is 8.42. The van der Waals surface area contributed by atoms with Crippen molar-refractivity contribution in [3.05, 3.63) is 75.2 Å². The molecule has 0 amide bonds. The summed E-state index contributed by atoms with van der Waals surface area (Å²) in [5, 5.41) is 9.03. The summed E-state index contributed by atoms with van der Waals surface area (Å²) < 4.78 is 29.5. The molecule has 0 N–H and O–H groups in total. The predicted octanol–water partition coefficient (Wildman–Crippen LogP) is 8.64. The number of nitriles is 1. The van der Waals surface area contributed by atoms with Crippen LogP contribution in [0.4, 0.5) is 8.78 Å². The van der Waals surface area contributed by atoms with Gasteiger partial charge in [-0.3, -0.25) is 0 Å². The Bertz CT molecular complexity index is 1250. The fourth-order valence-electron chi connectivity index (χ4n) is 5.42. The standard InChI is InChI=1S/C13H9BrFN.C12H9BrFI/c14-13-11(15)5-8(6-16)10-4-7-2-1-3-9(7)12(10)13;13-12-9(14)5-10(15)8-4-6-2-1-3-7(6)11(8)12/h5H,1-4H2;5H,1-4H2. The van der Waals surface area contributed by atoms with Crippen LogP contribution in [-0.2, 0) is 12.8 Å². The Morgan fingerprint density at radius 3 is 1.90 bits per heavy atom. The minimum atomic E-state index is -0.323. The molecule has 6 heteroatoms. The van der Waals surface area contributed by atoms with Gasteiger partial charge in [-0.15, -0.1) is 0 Å². The van der Waals surface area contributed by atoms with E-state index in [1.807, 2.05) is 0 Å². The SMILES string of the molecule is Fc1cc(I)c2c(c1Br)C1=C(CCC1)C2.N#Cc1cc(F)c(Br)c2c1CC1=C2CCC1. The molecule has 0 aromatic heterocycles. The summed E-state index contributed by atoms with van der Waals surface area (Å²) >= 11 is 8.94. The van der Waals surface area contributed by atoms with Crippen molar-refractivity contribution >= 4 is 65.6 Å². The first-order valence-corrected chi connectivity index (χ1v) is 13.1. The van der Waals surface area contributed by atoms with Gasteiger partial charge in [0.2, 0.25) is 0 Å². The monoisotopic (exact) mass is 655 g/mol. The van der Waals surface area contributed by atoms with Gasteiger partial charge in [0.05, 0.1) is 20.6 Å². The highest BCUT2D eigenvalue weighted by atomic mass is 127. The van der Waals surface area contributed by atoms with E-state index < -0.39 is 0 Å². The molecule has 0 radical (unpaired) electrons. The highest BCUT2D eigenvalue weighted by molar-refractivity contribution is 14.1. The lowest BCUT2D eigenvalue weighted by molar-refractivity contribution is 0.618. The molecule has 2 aromatic carbocycles. The zero-order valence-corrected chi connectivity index (χ0v) is 22.0. The van der Waals surface area contributed by atoms with Crippen LogP contribution in [0.5, 0.6) is 0 Å². The van der Waals surface area contributed by atoms with E-state index in [1.54, 1.807) is 6.07 Å². The third-order valence-corrected chi connectivity index (χ3v) is 9.28. The third kappa shape index (κ3) is 3.55. The second kappa shape index (κ2) is 8.39. The number of halogens is 5. The first-order valence-electron chi connectivity index (χ1n) is 10.4. The molecule has 2 aromatic rings. The molecule has 0 atom stereocenters. The summed E-state index contributed by atoms with van der Waals surface area (Å²) in [6, 6.07) is 5.07. The molecule has 0 bridgehead atoms. The summed E-state index contributed by atoms with van der Waals surface area (Å²) in [5.74, 6) is -0.449. The number of allylic oxidation sites excluding steroid dienone is 4. The van der Waals surface area contributed by atoms with Crippen molar-refractivity contribution in [3.8, 4) is 6.07 Å². The highest BCUT2D eigenvalue weighted by Crippen LogP contribution is 2.48. The third-order valence-electron chi connectivity index (χ3n) is 6.77. The average Bonchev–Trinajstić information content (AvgIpc) is 3.49. The molecule has 0 saturated heterocycles. The van der Waals surface area contributed by atoms with Crippen molar-refractivity contribution in [2.24, 2.45) is 0 Å². The van der Waals surface area contributed by atoms with Gasteiger partial charge in [-0.2, -0.15) is 5.26 Å². The number of benzene rings is 2. The second-order valence-corrected chi connectivity index (χ2v) is 11.2. The number of fused-ring (bicyclic) bond motifs is 4. The topological polar surface area (TPSA) is 23.8 Å². The Labute approximate surface area is 211 Å². The first-order chi connectivity index (χ1) is 14.9. The molecule has 0 aliphatic heterocycles. The Morgan fingerprint density at radius 2 is 1.32 bits per heavy atom. The lowest BCUT2D eigenvalue weighted by Crippen LogP contribution is -1.96. The van der Waals surface area contributed by atoms with Crippen LogP contribution in [-0.4, -0.2) is 0 Å². The van der Waals surface area contributed by atoms with Crippen molar-refractivity contribution in [1.82, 2.24) is 0 Å². The number of rotatable bonds is 0. The predicted molar refractivity (Wildman–Crippen MR) is 135 cm³/mol. The quantitative estimate of drug-likeness (QED) is 0.206. The summed E-state index contributed by atoms with van der Waals surface area (Å²) in [7, 11) is 0. The largest absolute Gasteiger partial charge is 0.206 e. The molecular weight excluding hydrogens is 639 g/mol. The van der Waals surface area contributed by atoms with Gasteiger partial charge in [-0.05, 0) is 151 Å². The summed E-state index contributed by atoms with van der Waals surface area (Å²) in [6.07, 6.45) is 8.74. The molecule has 6 rings (SSSR count). The maximum absolute atomic E-state index is 13.7. The molecule has 0 unspecified atom stereocenters. The molecule has 0 heterocycles. The van der Waals surface area contributed by atoms with E-state index in [1.165, 1.54) is 46.8 Å². The van der Waals surface area contributed by atoms with E-state index in [0.717, 1.165) is 58.8 Å². The minimum absolute atomic E-state index is 0.126. The van der Waals surface area contributed by atoms with Crippen LogP contribution in [0, 0.1) is 26.5 Å². The molecule has 1 nitrogen and oxygen atoms in total. The van der Waals surface area contributed by atoms with Gasteiger partial charge in [0.25, 0.3) is 0 Å². The molecule has 158 valence electrons. The van der Waals surface area contributed by atoms with Gasteiger partial charge in [-0.25, -0.2) is 8.78 Å². The van der Waals surface area contributed by atoms with Gasteiger partial charge in [0.15, 0.2) is 0 Å². The van der Waals surface area contributed by atoms with Gasteiger partial charge < -0.3 is 0 Å². The van der Waals surface area contributed by atoms with Crippen LogP contribution in [0.3, 0.4) is 0 Å². The van der Waals surface area contributed by atoms with E-state index in [-0.39, 0.29) is 11.6 Å². The fourth-order valence-corrected chi connectivity index (χ4v) is 7.34. The van der Waals surface area contributed by atoms with Gasteiger partial charge in [-0.1, -0.05) is 11.1 Å². The Morgan fingerprint density at radius 1 is 0.806 bits per heavy atom.